The minimum atomic E-state index is -0.135. The first kappa shape index (κ1) is 14.8. The molecular weight excluding hydrogens is 262 g/mol. The van der Waals surface area contributed by atoms with Gasteiger partial charge in [-0.2, -0.15) is 5.10 Å². The standard InChI is InChI=1S/C14H24ClN3O/c1-5-18-12(6-11(2)16-18)8-17-9-13(7-15)19-14(3,4)10-17/h6,13H,5,7-10H2,1-4H3. The topological polar surface area (TPSA) is 30.3 Å². The number of hydrogen-bond donors (Lipinski definition) is 0. The van der Waals surface area contributed by atoms with Crippen molar-refractivity contribution < 1.29 is 4.74 Å². The average Bonchev–Trinajstić information content (AvgIpc) is 2.67. The number of halogens is 1. The van der Waals surface area contributed by atoms with Gasteiger partial charge >= 0.3 is 0 Å². The maximum absolute atomic E-state index is 5.97. The van der Waals surface area contributed by atoms with Crippen molar-refractivity contribution in [1.29, 1.82) is 0 Å². The van der Waals surface area contributed by atoms with E-state index in [1.807, 2.05) is 6.92 Å². The highest BCUT2D eigenvalue weighted by Gasteiger charge is 2.33. The Kier molecular flexibility index (Phi) is 4.54. The summed E-state index contributed by atoms with van der Waals surface area (Å²) in [5.41, 5.74) is 2.22. The third-order valence-electron chi connectivity index (χ3n) is 3.39. The van der Waals surface area contributed by atoms with Gasteiger partial charge < -0.3 is 4.74 Å². The lowest BCUT2D eigenvalue weighted by atomic mass is 10.1. The molecule has 2 heterocycles. The molecular formula is C14H24ClN3O. The van der Waals surface area contributed by atoms with Crippen molar-refractivity contribution in [3.8, 4) is 0 Å². The van der Waals surface area contributed by atoms with Crippen LogP contribution in [0.2, 0.25) is 0 Å². The zero-order valence-corrected chi connectivity index (χ0v) is 13.1. The second kappa shape index (κ2) is 5.81. The summed E-state index contributed by atoms with van der Waals surface area (Å²) in [5.74, 6) is 0.548. The van der Waals surface area contributed by atoms with Crippen molar-refractivity contribution in [1.82, 2.24) is 14.7 Å². The van der Waals surface area contributed by atoms with E-state index in [1.54, 1.807) is 0 Å². The number of hydrogen-bond acceptors (Lipinski definition) is 3. The second-order valence-electron chi connectivity index (χ2n) is 5.92. The van der Waals surface area contributed by atoms with Crippen molar-refractivity contribution in [2.45, 2.75) is 52.5 Å². The number of aryl methyl sites for hydroxylation is 2. The van der Waals surface area contributed by atoms with Gasteiger partial charge in [0.2, 0.25) is 0 Å². The van der Waals surface area contributed by atoms with Gasteiger partial charge in [0, 0.05) is 32.1 Å². The lowest BCUT2D eigenvalue weighted by Gasteiger charge is -2.42. The Morgan fingerprint density at radius 1 is 1.53 bits per heavy atom. The normalized spacial score (nSPS) is 23.7. The van der Waals surface area contributed by atoms with Crippen LogP contribution in [-0.2, 0) is 17.8 Å². The molecule has 0 N–H and O–H groups in total. The minimum Gasteiger partial charge on any atom is -0.368 e. The molecule has 108 valence electrons. The first-order valence-corrected chi connectivity index (χ1v) is 7.46. The maximum Gasteiger partial charge on any atom is 0.0845 e. The number of alkyl halides is 1. The Balaban J connectivity index is 2.09. The molecule has 0 radical (unpaired) electrons. The number of rotatable bonds is 4. The summed E-state index contributed by atoms with van der Waals surface area (Å²) in [6.45, 7) is 12.1. The predicted octanol–water partition coefficient (Wildman–Crippen LogP) is 2.43. The third kappa shape index (κ3) is 3.71. The lowest BCUT2D eigenvalue weighted by molar-refractivity contribution is -0.129. The van der Waals surface area contributed by atoms with E-state index in [1.165, 1.54) is 5.69 Å². The van der Waals surface area contributed by atoms with Gasteiger partial charge in [-0.05, 0) is 33.8 Å². The SMILES string of the molecule is CCn1nc(C)cc1CN1CC(CCl)OC(C)(C)C1. The zero-order chi connectivity index (χ0) is 14.0. The van der Waals surface area contributed by atoms with E-state index < -0.39 is 0 Å². The monoisotopic (exact) mass is 285 g/mol. The number of morpholine rings is 1. The van der Waals surface area contributed by atoms with Crippen LogP contribution < -0.4 is 0 Å². The molecule has 1 saturated heterocycles. The van der Waals surface area contributed by atoms with Crippen LogP contribution in [-0.4, -0.2) is 45.4 Å². The van der Waals surface area contributed by atoms with Crippen LogP contribution in [0.1, 0.15) is 32.2 Å². The fourth-order valence-electron chi connectivity index (χ4n) is 2.85. The fourth-order valence-corrected chi connectivity index (χ4v) is 3.01. The highest BCUT2D eigenvalue weighted by Crippen LogP contribution is 2.23. The molecule has 1 aliphatic rings. The van der Waals surface area contributed by atoms with Crippen molar-refractivity contribution in [2.24, 2.45) is 0 Å². The first-order valence-electron chi connectivity index (χ1n) is 6.93. The maximum atomic E-state index is 5.97. The van der Waals surface area contributed by atoms with Crippen molar-refractivity contribution in [3.63, 3.8) is 0 Å². The highest BCUT2D eigenvalue weighted by molar-refractivity contribution is 6.18. The van der Waals surface area contributed by atoms with Crippen LogP contribution in [0, 0.1) is 6.92 Å². The predicted molar refractivity (Wildman–Crippen MR) is 77.6 cm³/mol. The van der Waals surface area contributed by atoms with E-state index in [0.29, 0.717) is 5.88 Å². The van der Waals surface area contributed by atoms with Crippen LogP contribution >= 0.6 is 11.6 Å². The lowest BCUT2D eigenvalue weighted by Crippen LogP contribution is -2.53. The summed E-state index contributed by atoms with van der Waals surface area (Å²) in [4.78, 5) is 2.42. The number of aromatic nitrogens is 2. The molecule has 19 heavy (non-hydrogen) atoms. The van der Waals surface area contributed by atoms with Gasteiger partial charge in [0.1, 0.15) is 0 Å². The average molecular weight is 286 g/mol. The van der Waals surface area contributed by atoms with Crippen molar-refractivity contribution in [3.05, 3.63) is 17.5 Å². The van der Waals surface area contributed by atoms with E-state index in [9.17, 15) is 0 Å². The Bertz CT molecular complexity index is 430. The van der Waals surface area contributed by atoms with Crippen LogP contribution in [0.4, 0.5) is 0 Å². The number of ether oxygens (including phenoxy) is 1. The molecule has 5 heteroatoms. The summed E-state index contributed by atoms with van der Waals surface area (Å²) in [6.07, 6.45) is 0.115. The molecule has 1 aromatic heterocycles. The zero-order valence-electron chi connectivity index (χ0n) is 12.3. The quantitative estimate of drug-likeness (QED) is 0.796. The van der Waals surface area contributed by atoms with E-state index >= 15 is 0 Å². The molecule has 2 rings (SSSR count). The summed E-state index contributed by atoms with van der Waals surface area (Å²) < 4.78 is 8.03. The van der Waals surface area contributed by atoms with Gasteiger partial charge in [0.25, 0.3) is 0 Å². The molecule has 0 saturated carbocycles. The molecule has 1 atom stereocenters. The van der Waals surface area contributed by atoms with Crippen molar-refractivity contribution in [2.75, 3.05) is 19.0 Å². The molecule has 0 aliphatic carbocycles. The highest BCUT2D eigenvalue weighted by atomic mass is 35.5. The Morgan fingerprint density at radius 3 is 2.89 bits per heavy atom. The summed E-state index contributed by atoms with van der Waals surface area (Å²) >= 11 is 5.97. The van der Waals surface area contributed by atoms with Crippen molar-refractivity contribution >= 4 is 11.6 Å². The smallest absolute Gasteiger partial charge is 0.0845 e. The van der Waals surface area contributed by atoms with E-state index in [2.05, 4.69) is 41.5 Å². The van der Waals surface area contributed by atoms with Gasteiger partial charge in [-0.3, -0.25) is 9.58 Å². The van der Waals surface area contributed by atoms with Crippen LogP contribution in [0.3, 0.4) is 0 Å². The van der Waals surface area contributed by atoms with Crippen LogP contribution in [0.15, 0.2) is 6.07 Å². The van der Waals surface area contributed by atoms with E-state index in [0.717, 1.165) is 31.9 Å². The Morgan fingerprint density at radius 2 is 2.26 bits per heavy atom. The molecule has 1 fully saturated rings. The third-order valence-corrected chi connectivity index (χ3v) is 3.74. The molecule has 0 aromatic carbocycles. The van der Waals surface area contributed by atoms with E-state index in [4.69, 9.17) is 16.3 Å². The second-order valence-corrected chi connectivity index (χ2v) is 6.22. The Labute approximate surface area is 120 Å². The summed E-state index contributed by atoms with van der Waals surface area (Å²) in [5, 5.41) is 4.50. The largest absolute Gasteiger partial charge is 0.368 e. The molecule has 0 spiro atoms. The molecule has 1 aliphatic heterocycles. The fraction of sp³-hybridized carbons (Fsp3) is 0.786. The molecule has 1 aromatic rings. The summed E-state index contributed by atoms with van der Waals surface area (Å²) in [7, 11) is 0. The van der Waals surface area contributed by atoms with Gasteiger partial charge in [-0.1, -0.05) is 0 Å². The van der Waals surface area contributed by atoms with Crippen LogP contribution in [0.25, 0.3) is 0 Å². The van der Waals surface area contributed by atoms with Gasteiger partial charge in [0.15, 0.2) is 0 Å². The van der Waals surface area contributed by atoms with Gasteiger partial charge in [-0.15, -0.1) is 11.6 Å². The van der Waals surface area contributed by atoms with Crippen LogP contribution in [0.5, 0.6) is 0 Å². The van der Waals surface area contributed by atoms with Gasteiger partial charge in [0.05, 0.1) is 23.1 Å². The first-order chi connectivity index (χ1) is 8.93. The Hall–Kier alpha value is -0.580. The summed E-state index contributed by atoms with van der Waals surface area (Å²) in [6, 6.07) is 2.17. The molecule has 1 unspecified atom stereocenters. The molecule has 4 nitrogen and oxygen atoms in total. The molecule has 0 amide bonds. The minimum absolute atomic E-state index is 0.115. The molecule has 0 bridgehead atoms. The number of nitrogens with zero attached hydrogens (tertiary/aromatic N) is 3. The van der Waals surface area contributed by atoms with E-state index in [-0.39, 0.29) is 11.7 Å². The van der Waals surface area contributed by atoms with Gasteiger partial charge in [-0.25, -0.2) is 0 Å².